The summed E-state index contributed by atoms with van der Waals surface area (Å²) in [5, 5.41) is 27.7. The van der Waals surface area contributed by atoms with Gasteiger partial charge in [-0.2, -0.15) is 5.26 Å². The van der Waals surface area contributed by atoms with Crippen molar-refractivity contribution >= 4 is 11.0 Å². The standard InChI is InChI=1S/C11H11N3O2/c12-4-3-10(15)11(16)7-1-2-8-9(5-7)14-6-13-8/h1-2,5-6,10-11,15-16H,3H2,(H,13,14). The summed E-state index contributed by atoms with van der Waals surface area (Å²) in [5.74, 6) is 0. The number of aromatic amines is 1. The lowest BCUT2D eigenvalue weighted by molar-refractivity contribution is 0.0217. The number of nitriles is 1. The van der Waals surface area contributed by atoms with Crippen molar-refractivity contribution in [2.75, 3.05) is 0 Å². The topological polar surface area (TPSA) is 92.9 Å². The number of nitrogens with one attached hydrogen (secondary N) is 1. The zero-order chi connectivity index (χ0) is 11.5. The van der Waals surface area contributed by atoms with Gasteiger partial charge in [0.05, 0.1) is 36.0 Å². The number of aliphatic hydroxyl groups is 2. The maximum Gasteiger partial charge on any atom is 0.106 e. The molecule has 16 heavy (non-hydrogen) atoms. The van der Waals surface area contributed by atoms with Crippen molar-refractivity contribution in [3.05, 3.63) is 30.1 Å². The van der Waals surface area contributed by atoms with Crippen molar-refractivity contribution in [1.29, 1.82) is 5.26 Å². The van der Waals surface area contributed by atoms with Crippen molar-refractivity contribution in [2.45, 2.75) is 18.6 Å². The lowest BCUT2D eigenvalue weighted by Crippen LogP contribution is -2.17. The number of H-pyrrole nitrogens is 1. The molecular weight excluding hydrogens is 206 g/mol. The first kappa shape index (κ1) is 10.6. The van der Waals surface area contributed by atoms with E-state index in [0.717, 1.165) is 11.0 Å². The summed E-state index contributed by atoms with van der Waals surface area (Å²) in [6, 6.07) is 6.98. The van der Waals surface area contributed by atoms with Crippen LogP contribution < -0.4 is 0 Å². The van der Waals surface area contributed by atoms with Gasteiger partial charge in [0.15, 0.2) is 0 Å². The lowest BCUT2D eigenvalue weighted by Gasteiger charge is -2.15. The molecular formula is C11H11N3O2. The highest BCUT2D eigenvalue weighted by Gasteiger charge is 2.18. The van der Waals surface area contributed by atoms with Crippen molar-refractivity contribution < 1.29 is 10.2 Å². The quantitative estimate of drug-likeness (QED) is 0.711. The second kappa shape index (κ2) is 4.31. The molecule has 0 fully saturated rings. The molecule has 2 aromatic rings. The average Bonchev–Trinajstić information content (AvgIpc) is 2.75. The molecule has 5 nitrogen and oxygen atoms in total. The number of rotatable bonds is 3. The summed E-state index contributed by atoms with van der Waals surface area (Å²) < 4.78 is 0. The first-order valence-corrected chi connectivity index (χ1v) is 4.88. The predicted octanol–water partition coefficient (Wildman–Crippen LogP) is 0.871. The van der Waals surface area contributed by atoms with Crippen molar-refractivity contribution in [3.8, 4) is 6.07 Å². The van der Waals surface area contributed by atoms with Crippen LogP contribution in [0.2, 0.25) is 0 Å². The zero-order valence-corrected chi connectivity index (χ0v) is 8.46. The number of aromatic nitrogens is 2. The molecule has 0 radical (unpaired) electrons. The van der Waals surface area contributed by atoms with Gasteiger partial charge in [0.1, 0.15) is 6.10 Å². The van der Waals surface area contributed by atoms with Crippen molar-refractivity contribution in [1.82, 2.24) is 9.97 Å². The Kier molecular flexibility index (Phi) is 2.86. The second-order valence-electron chi connectivity index (χ2n) is 3.55. The first-order valence-electron chi connectivity index (χ1n) is 4.88. The van der Waals surface area contributed by atoms with Crippen molar-refractivity contribution in [3.63, 3.8) is 0 Å². The molecule has 82 valence electrons. The number of benzene rings is 1. The van der Waals surface area contributed by atoms with Crippen LogP contribution in [-0.4, -0.2) is 26.3 Å². The van der Waals surface area contributed by atoms with E-state index < -0.39 is 12.2 Å². The Hall–Kier alpha value is -1.90. The van der Waals surface area contributed by atoms with Crippen LogP contribution in [0.25, 0.3) is 11.0 Å². The van der Waals surface area contributed by atoms with E-state index in [1.165, 1.54) is 0 Å². The van der Waals surface area contributed by atoms with Gasteiger partial charge in [-0.25, -0.2) is 4.98 Å². The monoisotopic (exact) mass is 217 g/mol. The normalized spacial score (nSPS) is 14.6. The van der Waals surface area contributed by atoms with Gasteiger partial charge in [-0.05, 0) is 17.7 Å². The van der Waals surface area contributed by atoms with E-state index in [2.05, 4.69) is 9.97 Å². The predicted molar refractivity (Wildman–Crippen MR) is 57.3 cm³/mol. The number of imidazole rings is 1. The third-order valence-electron chi connectivity index (χ3n) is 2.45. The van der Waals surface area contributed by atoms with E-state index in [1.54, 1.807) is 24.5 Å². The minimum Gasteiger partial charge on any atom is -0.389 e. The van der Waals surface area contributed by atoms with Gasteiger partial charge in [-0.1, -0.05) is 6.07 Å². The first-order chi connectivity index (χ1) is 7.72. The second-order valence-corrected chi connectivity index (χ2v) is 3.55. The molecule has 2 rings (SSSR count). The van der Waals surface area contributed by atoms with Gasteiger partial charge in [0, 0.05) is 0 Å². The highest BCUT2D eigenvalue weighted by molar-refractivity contribution is 5.75. The third kappa shape index (κ3) is 1.89. The molecule has 1 aromatic carbocycles. The van der Waals surface area contributed by atoms with Crippen molar-refractivity contribution in [2.24, 2.45) is 0 Å². The highest BCUT2D eigenvalue weighted by Crippen LogP contribution is 2.21. The number of nitrogens with zero attached hydrogens (tertiary/aromatic N) is 2. The summed E-state index contributed by atoms with van der Waals surface area (Å²) in [4.78, 5) is 6.97. The molecule has 3 N–H and O–H groups in total. The van der Waals surface area contributed by atoms with Gasteiger partial charge in [0.25, 0.3) is 0 Å². The fourth-order valence-electron chi connectivity index (χ4n) is 1.56. The Labute approximate surface area is 92.0 Å². The molecule has 2 atom stereocenters. The summed E-state index contributed by atoms with van der Waals surface area (Å²) in [7, 11) is 0. The van der Waals surface area contributed by atoms with Gasteiger partial charge in [-0.15, -0.1) is 0 Å². The number of hydrogen-bond donors (Lipinski definition) is 3. The molecule has 0 saturated heterocycles. The largest absolute Gasteiger partial charge is 0.389 e. The third-order valence-corrected chi connectivity index (χ3v) is 2.45. The highest BCUT2D eigenvalue weighted by atomic mass is 16.3. The van der Waals surface area contributed by atoms with Crippen LogP contribution in [0.15, 0.2) is 24.5 Å². The lowest BCUT2D eigenvalue weighted by atomic mass is 10.0. The molecule has 0 spiro atoms. The molecule has 0 bridgehead atoms. The van der Waals surface area contributed by atoms with Gasteiger partial charge < -0.3 is 15.2 Å². The number of fused-ring (bicyclic) bond motifs is 1. The number of hydrogen-bond acceptors (Lipinski definition) is 4. The van der Waals surface area contributed by atoms with Crippen LogP contribution >= 0.6 is 0 Å². The molecule has 0 aliphatic heterocycles. The van der Waals surface area contributed by atoms with E-state index >= 15 is 0 Å². The Morgan fingerprint density at radius 1 is 1.44 bits per heavy atom. The summed E-state index contributed by atoms with van der Waals surface area (Å²) in [6.07, 6.45) is -0.646. The minimum atomic E-state index is -1.06. The molecule has 0 amide bonds. The Balaban J connectivity index is 2.29. The molecule has 0 aliphatic rings. The zero-order valence-electron chi connectivity index (χ0n) is 8.46. The minimum absolute atomic E-state index is 0.0951. The molecule has 5 heteroatoms. The van der Waals surface area contributed by atoms with Crippen LogP contribution in [0, 0.1) is 11.3 Å². The maximum absolute atomic E-state index is 9.78. The Bertz CT molecular complexity index is 529. The summed E-state index contributed by atoms with van der Waals surface area (Å²) in [5.41, 5.74) is 2.16. The van der Waals surface area contributed by atoms with Crippen LogP contribution in [0.4, 0.5) is 0 Å². The Morgan fingerprint density at radius 2 is 2.25 bits per heavy atom. The number of aliphatic hydroxyl groups excluding tert-OH is 2. The van der Waals surface area contributed by atoms with Crippen LogP contribution in [-0.2, 0) is 0 Å². The van der Waals surface area contributed by atoms with E-state index in [0.29, 0.717) is 5.56 Å². The van der Waals surface area contributed by atoms with Crippen LogP contribution in [0.3, 0.4) is 0 Å². The molecule has 1 heterocycles. The molecule has 0 saturated carbocycles. The smallest absolute Gasteiger partial charge is 0.106 e. The van der Waals surface area contributed by atoms with Gasteiger partial charge in [-0.3, -0.25) is 0 Å². The molecule has 2 unspecified atom stereocenters. The van der Waals surface area contributed by atoms with Crippen LogP contribution in [0.1, 0.15) is 18.1 Å². The Morgan fingerprint density at radius 3 is 3.00 bits per heavy atom. The fraction of sp³-hybridized carbons (Fsp3) is 0.273. The van der Waals surface area contributed by atoms with Gasteiger partial charge in [0.2, 0.25) is 0 Å². The van der Waals surface area contributed by atoms with E-state index in [9.17, 15) is 10.2 Å². The molecule has 0 aliphatic carbocycles. The van der Waals surface area contributed by atoms with Crippen LogP contribution in [0.5, 0.6) is 0 Å². The fourth-order valence-corrected chi connectivity index (χ4v) is 1.56. The average molecular weight is 217 g/mol. The SMILES string of the molecule is N#CCC(O)C(O)c1ccc2nc[nH]c2c1. The van der Waals surface area contributed by atoms with E-state index in [-0.39, 0.29) is 6.42 Å². The maximum atomic E-state index is 9.78. The van der Waals surface area contributed by atoms with Gasteiger partial charge >= 0.3 is 0 Å². The summed E-state index contributed by atoms with van der Waals surface area (Å²) in [6.45, 7) is 0. The van der Waals surface area contributed by atoms with E-state index in [1.807, 2.05) is 6.07 Å². The summed E-state index contributed by atoms with van der Waals surface area (Å²) >= 11 is 0. The van der Waals surface area contributed by atoms with E-state index in [4.69, 9.17) is 5.26 Å². The molecule has 1 aromatic heterocycles.